The lowest BCUT2D eigenvalue weighted by Gasteiger charge is -2.37. The Labute approximate surface area is 276 Å². The van der Waals surface area contributed by atoms with Gasteiger partial charge < -0.3 is 9.47 Å². The summed E-state index contributed by atoms with van der Waals surface area (Å²) in [4.78, 5) is 38.4. The van der Waals surface area contributed by atoms with E-state index < -0.39 is 61.7 Å². The van der Waals surface area contributed by atoms with Crippen LogP contribution in [0, 0.1) is 23.0 Å². The van der Waals surface area contributed by atoms with Crippen LogP contribution >= 0.6 is 0 Å². The Morgan fingerprint density at radius 1 is 0.833 bits per heavy atom. The van der Waals surface area contributed by atoms with Crippen LogP contribution < -0.4 is 11.2 Å². The topological polar surface area (TPSA) is 151 Å². The summed E-state index contributed by atoms with van der Waals surface area (Å²) in [5, 5.41) is 10.6. The van der Waals surface area contributed by atoms with E-state index in [-0.39, 0.29) is 11.5 Å². The summed E-state index contributed by atoms with van der Waals surface area (Å²) in [6.45, 7) is 0.650. The van der Waals surface area contributed by atoms with Gasteiger partial charge in [-0.1, -0.05) is 109 Å². The van der Waals surface area contributed by atoms with Crippen LogP contribution in [0.5, 0.6) is 0 Å². The Kier molecular flexibility index (Phi) is 9.22. The molecule has 48 heavy (non-hydrogen) atoms. The fourth-order valence-corrected chi connectivity index (χ4v) is 8.54. The monoisotopic (exact) mass is 667 g/mol. The number of hydrogen-bond donors (Lipinski definition) is 1. The van der Waals surface area contributed by atoms with Crippen LogP contribution in [0.15, 0.2) is 142 Å². The van der Waals surface area contributed by atoms with E-state index in [0.29, 0.717) is 0 Å². The number of ether oxygens (including phenoxy) is 2. The van der Waals surface area contributed by atoms with E-state index in [0.717, 1.165) is 39.1 Å². The first-order valence-electron chi connectivity index (χ1n) is 15.3. The Bertz CT molecular complexity index is 2010. The lowest BCUT2D eigenvalue weighted by atomic mass is 9.80. The molecule has 11 nitrogen and oxygen atoms in total. The number of benzene rings is 4. The molecule has 1 saturated heterocycles. The van der Waals surface area contributed by atoms with Gasteiger partial charge in [-0.2, -0.15) is 0 Å². The molecule has 12 heteroatoms. The maximum atomic E-state index is 14.5. The SMILES string of the molecule is Cc1ccc(S(=O)(=O)[C@@H]2[C@@H](C[N+](=O)[O-])[C@H](n3ccc(=O)[nH]c3=O)O[C@@H]2COC(c2ccccc2)(c2ccccc2)c2ccccc2)cc1. The Morgan fingerprint density at radius 3 is 1.83 bits per heavy atom. The van der Waals surface area contributed by atoms with Crippen LogP contribution in [-0.4, -0.2) is 47.4 Å². The van der Waals surface area contributed by atoms with E-state index in [1.807, 2.05) is 97.9 Å². The highest BCUT2D eigenvalue weighted by atomic mass is 32.2. The van der Waals surface area contributed by atoms with Crippen LogP contribution in [0.1, 0.15) is 28.5 Å². The van der Waals surface area contributed by atoms with Crippen LogP contribution in [0.2, 0.25) is 0 Å². The lowest BCUT2D eigenvalue weighted by molar-refractivity contribution is -0.490. The van der Waals surface area contributed by atoms with Gasteiger partial charge >= 0.3 is 5.69 Å². The fraction of sp³-hybridized carbons (Fsp3) is 0.222. The van der Waals surface area contributed by atoms with Crippen molar-refractivity contribution >= 4 is 9.84 Å². The number of sulfone groups is 1. The van der Waals surface area contributed by atoms with E-state index in [1.54, 1.807) is 12.1 Å². The van der Waals surface area contributed by atoms with Crippen molar-refractivity contribution in [3.8, 4) is 0 Å². The number of aryl methyl sites for hydroxylation is 1. The van der Waals surface area contributed by atoms with Crippen molar-refractivity contribution in [1.82, 2.24) is 9.55 Å². The molecule has 0 bridgehead atoms. The minimum absolute atomic E-state index is 0.0463. The molecular formula is C36H33N3O8S. The molecule has 1 aliphatic heterocycles. The first kappa shape index (κ1) is 32.8. The molecule has 5 aromatic rings. The molecule has 0 saturated carbocycles. The van der Waals surface area contributed by atoms with Crippen LogP contribution in [-0.2, 0) is 24.9 Å². The average Bonchev–Trinajstić information content (AvgIpc) is 3.44. The van der Waals surface area contributed by atoms with Gasteiger partial charge in [0.2, 0.25) is 6.54 Å². The smallest absolute Gasteiger partial charge is 0.330 e. The molecule has 6 rings (SSSR count). The highest BCUT2D eigenvalue weighted by Gasteiger charge is 2.55. The summed E-state index contributed by atoms with van der Waals surface area (Å²) in [5.74, 6) is -1.33. The quantitative estimate of drug-likeness (QED) is 0.123. The molecule has 2 heterocycles. The molecule has 1 N–H and O–H groups in total. The van der Waals surface area contributed by atoms with Crippen molar-refractivity contribution in [3.63, 3.8) is 0 Å². The summed E-state index contributed by atoms with van der Waals surface area (Å²) < 4.78 is 43.3. The summed E-state index contributed by atoms with van der Waals surface area (Å²) in [5.41, 5.74) is 0.282. The minimum atomic E-state index is -4.32. The summed E-state index contributed by atoms with van der Waals surface area (Å²) >= 11 is 0. The third kappa shape index (κ3) is 6.25. The second-order valence-electron chi connectivity index (χ2n) is 11.7. The number of aromatic nitrogens is 2. The van der Waals surface area contributed by atoms with Crippen molar-refractivity contribution in [3.05, 3.63) is 181 Å². The van der Waals surface area contributed by atoms with Crippen LogP contribution in [0.4, 0.5) is 0 Å². The summed E-state index contributed by atoms with van der Waals surface area (Å²) in [7, 11) is -4.32. The first-order chi connectivity index (χ1) is 23.1. The molecule has 0 unspecified atom stereocenters. The highest BCUT2D eigenvalue weighted by Crippen LogP contribution is 2.44. The normalized spacial score (nSPS) is 19.6. The van der Waals surface area contributed by atoms with Crippen LogP contribution in [0.3, 0.4) is 0 Å². The molecule has 0 amide bonds. The van der Waals surface area contributed by atoms with E-state index >= 15 is 0 Å². The third-order valence-corrected chi connectivity index (χ3v) is 11.0. The molecule has 4 atom stereocenters. The Hall–Kier alpha value is -5.17. The number of hydrogen-bond acceptors (Lipinski definition) is 8. The zero-order chi connectivity index (χ0) is 33.9. The number of nitrogens with zero attached hydrogens (tertiary/aromatic N) is 2. The molecule has 0 aliphatic carbocycles. The molecule has 0 spiro atoms. The van der Waals surface area contributed by atoms with Crippen molar-refractivity contribution in [1.29, 1.82) is 0 Å². The fourth-order valence-electron chi connectivity index (χ4n) is 6.49. The average molecular weight is 668 g/mol. The van der Waals surface area contributed by atoms with Gasteiger partial charge in [0.05, 0.1) is 17.4 Å². The molecular weight excluding hydrogens is 634 g/mol. The van der Waals surface area contributed by atoms with E-state index in [2.05, 4.69) is 4.98 Å². The number of aromatic amines is 1. The minimum Gasteiger partial charge on any atom is -0.358 e. The zero-order valence-electron chi connectivity index (χ0n) is 25.9. The van der Waals surface area contributed by atoms with Crippen molar-refractivity contribution in [2.24, 2.45) is 5.92 Å². The maximum Gasteiger partial charge on any atom is 0.330 e. The van der Waals surface area contributed by atoms with Gasteiger partial charge in [-0.25, -0.2) is 13.2 Å². The zero-order valence-corrected chi connectivity index (χ0v) is 26.7. The van der Waals surface area contributed by atoms with Crippen molar-refractivity contribution < 1.29 is 22.8 Å². The Morgan fingerprint density at radius 2 is 1.35 bits per heavy atom. The van der Waals surface area contributed by atoms with Gasteiger partial charge in [-0.15, -0.1) is 0 Å². The summed E-state index contributed by atoms with van der Waals surface area (Å²) in [6.07, 6.45) is -1.53. The first-order valence-corrected chi connectivity index (χ1v) is 16.9. The number of nitrogens with one attached hydrogen (secondary N) is 1. The maximum absolute atomic E-state index is 14.5. The largest absolute Gasteiger partial charge is 0.358 e. The van der Waals surface area contributed by atoms with Gasteiger partial charge in [0, 0.05) is 17.2 Å². The molecule has 4 aromatic carbocycles. The third-order valence-electron chi connectivity index (χ3n) is 8.67. The van der Waals surface area contributed by atoms with Gasteiger partial charge in [0.15, 0.2) is 9.84 Å². The van der Waals surface area contributed by atoms with Gasteiger partial charge in [-0.05, 0) is 35.7 Å². The predicted molar refractivity (Wildman–Crippen MR) is 178 cm³/mol. The van der Waals surface area contributed by atoms with Gasteiger partial charge in [0.1, 0.15) is 23.2 Å². The standard InChI is InChI=1S/C36H33N3O8S/c1-25-17-19-29(20-18-25)48(44,45)33-30(23-39(42)43)34(38-22-21-32(40)37-35(38)41)47-31(33)24-46-36(26-11-5-2-6-12-26,27-13-7-3-8-14-27)28-15-9-4-10-16-28/h2-22,30-31,33-34H,23-24H2,1H3,(H,37,40,41)/t30-,31-,33-,34-/m1/s1. The van der Waals surface area contributed by atoms with Gasteiger partial charge in [0.25, 0.3) is 5.56 Å². The number of nitro groups is 1. The summed E-state index contributed by atoms with van der Waals surface area (Å²) in [6, 6.07) is 35.6. The van der Waals surface area contributed by atoms with Crippen LogP contribution in [0.25, 0.3) is 0 Å². The Balaban J connectivity index is 1.52. The van der Waals surface area contributed by atoms with E-state index in [9.17, 15) is 28.1 Å². The number of H-pyrrole nitrogens is 1. The number of rotatable bonds is 11. The van der Waals surface area contributed by atoms with E-state index in [4.69, 9.17) is 9.47 Å². The molecule has 1 fully saturated rings. The van der Waals surface area contributed by atoms with E-state index in [1.165, 1.54) is 12.1 Å². The molecule has 1 aliphatic rings. The lowest BCUT2D eigenvalue weighted by Crippen LogP contribution is -2.43. The van der Waals surface area contributed by atoms with Gasteiger partial charge in [-0.3, -0.25) is 24.5 Å². The molecule has 246 valence electrons. The second kappa shape index (κ2) is 13.5. The molecule has 1 aromatic heterocycles. The van der Waals surface area contributed by atoms with Crippen molar-refractivity contribution in [2.45, 2.75) is 35.0 Å². The molecule has 0 radical (unpaired) electrons. The van der Waals surface area contributed by atoms with Crippen molar-refractivity contribution in [2.75, 3.05) is 13.2 Å². The predicted octanol–water partition coefficient (Wildman–Crippen LogP) is 4.49. The second-order valence-corrected chi connectivity index (χ2v) is 13.8. The highest BCUT2D eigenvalue weighted by molar-refractivity contribution is 7.92.